The van der Waals surface area contributed by atoms with Gasteiger partial charge in [-0.25, -0.2) is 9.18 Å². The molecule has 13 heavy (non-hydrogen) atoms. The third kappa shape index (κ3) is 1.05. The largest absolute Gasteiger partial charge is 0.478 e. The zero-order valence-corrected chi connectivity index (χ0v) is 6.32. The van der Waals surface area contributed by atoms with Gasteiger partial charge in [0.2, 0.25) is 0 Å². The van der Waals surface area contributed by atoms with Crippen LogP contribution >= 0.6 is 0 Å². The fourth-order valence-corrected chi connectivity index (χ4v) is 1.08. The lowest BCUT2D eigenvalue weighted by molar-refractivity contribution is 0.0692. The van der Waals surface area contributed by atoms with Gasteiger partial charge in [0, 0.05) is 0 Å². The Balaban J connectivity index is 2.80. The van der Waals surface area contributed by atoms with E-state index >= 15 is 0 Å². The zero-order chi connectivity index (χ0) is 9.42. The number of hydrogen-bond donors (Lipinski definition) is 1. The first-order chi connectivity index (χ1) is 6.20. The van der Waals surface area contributed by atoms with E-state index in [1.807, 2.05) is 0 Å². The fourth-order valence-electron chi connectivity index (χ4n) is 1.08. The van der Waals surface area contributed by atoms with Gasteiger partial charge in [-0.3, -0.25) is 0 Å². The zero-order valence-electron chi connectivity index (χ0n) is 6.32. The van der Waals surface area contributed by atoms with Crippen LogP contribution in [-0.4, -0.2) is 16.2 Å². The van der Waals surface area contributed by atoms with Crippen LogP contribution in [0.1, 0.15) is 10.4 Å². The topological polar surface area (TPSA) is 63.3 Å². The van der Waals surface area contributed by atoms with Crippen molar-refractivity contribution in [3.8, 4) is 0 Å². The molecule has 0 aliphatic carbocycles. The maximum atomic E-state index is 13.3. The summed E-state index contributed by atoms with van der Waals surface area (Å²) in [4.78, 5) is 10.5. The Morgan fingerprint density at radius 2 is 2.31 bits per heavy atom. The minimum absolute atomic E-state index is 0.0832. The highest BCUT2D eigenvalue weighted by Crippen LogP contribution is 2.20. The molecule has 2 aromatic rings. The molecule has 0 atom stereocenters. The lowest BCUT2D eigenvalue weighted by Crippen LogP contribution is -1.99. The van der Waals surface area contributed by atoms with Crippen LogP contribution in [0.15, 0.2) is 22.9 Å². The molecule has 0 fully saturated rings. The van der Waals surface area contributed by atoms with E-state index in [-0.39, 0.29) is 16.5 Å². The average Bonchev–Trinajstić information content (AvgIpc) is 2.52. The fraction of sp³-hybridized carbons (Fsp3) is 0. The number of fused-ring (bicyclic) bond motifs is 1. The van der Waals surface area contributed by atoms with Gasteiger partial charge in [0.15, 0.2) is 5.58 Å². The summed E-state index contributed by atoms with van der Waals surface area (Å²) in [5.41, 5.74) is -0.141. The van der Waals surface area contributed by atoms with Crippen molar-refractivity contribution in [3.63, 3.8) is 0 Å². The monoisotopic (exact) mass is 181 g/mol. The van der Waals surface area contributed by atoms with Gasteiger partial charge < -0.3 is 9.63 Å². The first-order valence-electron chi connectivity index (χ1n) is 3.46. The van der Waals surface area contributed by atoms with Crippen LogP contribution in [0.3, 0.4) is 0 Å². The molecule has 1 aromatic carbocycles. The first-order valence-corrected chi connectivity index (χ1v) is 3.46. The second kappa shape index (κ2) is 2.55. The van der Waals surface area contributed by atoms with Crippen molar-refractivity contribution < 1.29 is 18.8 Å². The SMILES string of the molecule is O=C(O)c1ccc2oncc2c1F. The highest BCUT2D eigenvalue weighted by atomic mass is 19.1. The molecule has 0 saturated carbocycles. The van der Waals surface area contributed by atoms with Gasteiger partial charge in [0.05, 0.1) is 17.1 Å². The number of carboxylic acids is 1. The summed E-state index contributed by atoms with van der Waals surface area (Å²) in [5, 5.41) is 12.0. The lowest BCUT2D eigenvalue weighted by atomic mass is 10.1. The molecule has 2 rings (SSSR count). The maximum Gasteiger partial charge on any atom is 0.338 e. The first kappa shape index (κ1) is 7.72. The number of carbonyl (C=O) groups is 1. The Labute approximate surface area is 71.6 Å². The normalized spacial score (nSPS) is 10.5. The Hall–Kier alpha value is -1.91. The van der Waals surface area contributed by atoms with E-state index in [2.05, 4.69) is 9.68 Å². The summed E-state index contributed by atoms with van der Waals surface area (Å²) >= 11 is 0. The van der Waals surface area contributed by atoms with Crippen molar-refractivity contribution in [1.29, 1.82) is 0 Å². The van der Waals surface area contributed by atoms with Crippen molar-refractivity contribution in [1.82, 2.24) is 5.16 Å². The number of nitrogens with zero attached hydrogens (tertiary/aromatic N) is 1. The molecule has 0 amide bonds. The lowest BCUT2D eigenvalue weighted by Gasteiger charge is -1.95. The number of hydrogen-bond acceptors (Lipinski definition) is 3. The Kier molecular flexibility index (Phi) is 1.51. The van der Waals surface area contributed by atoms with E-state index in [1.165, 1.54) is 6.07 Å². The molecular weight excluding hydrogens is 177 g/mol. The van der Waals surface area contributed by atoms with E-state index in [0.29, 0.717) is 0 Å². The minimum Gasteiger partial charge on any atom is -0.478 e. The van der Waals surface area contributed by atoms with Crippen LogP contribution in [0, 0.1) is 5.82 Å². The Morgan fingerprint density at radius 1 is 1.54 bits per heavy atom. The van der Waals surface area contributed by atoms with Crippen LogP contribution in [0.5, 0.6) is 0 Å². The highest BCUT2D eigenvalue weighted by Gasteiger charge is 2.14. The Bertz CT molecular complexity index is 477. The number of rotatable bonds is 1. The van der Waals surface area contributed by atoms with E-state index in [1.54, 1.807) is 0 Å². The quantitative estimate of drug-likeness (QED) is 0.726. The van der Waals surface area contributed by atoms with Gasteiger partial charge in [-0.05, 0) is 12.1 Å². The summed E-state index contributed by atoms with van der Waals surface area (Å²) in [6.07, 6.45) is 1.15. The minimum atomic E-state index is -1.31. The summed E-state index contributed by atoms with van der Waals surface area (Å²) in [6, 6.07) is 2.51. The van der Waals surface area contributed by atoms with Gasteiger partial charge >= 0.3 is 5.97 Å². The predicted octanol–water partition coefficient (Wildman–Crippen LogP) is 1.67. The smallest absolute Gasteiger partial charge is 0.338 e. The molecule has 1 N–H and O–H groups in total. The molecular formula is C8H4FNO3. The van der Waals surface area contributed by atoms with Crippen LogP contribution < -0.4 is 0 Å². The molecule has 0 bridgehead atoms. The molecule has 4 nitrogen and oxygen atoms in total. The molecule has 0 spiro atoms. The number of aromatic carboxylic acids is 1. The van der Waals surface area contributed by atoms with Gasteiger partial charge in [-0.2, -0.15) is 0 Å². The van der Waals surface area contributed by atoms with Gasteiger partial charge in [-0.1, -0.05) is 5.16 Å². The highest BCUT2D eigenvalue weighted by molar-refractivity contribution is 5.93. The number of aromatic nitrogens is 1. The third-order valence-corrected chi connectivity index (χ3v) is 1.70. The number of carboxylic acid groups (broad SMARTS) is 1. The van der Waals surface area contributed by atoms with Gasteiger partial charge in [-0.15, -0.1) is 0 Å². The van der Waals surface area contributed by atoms with E-state index < -0.39 is 11.8 Å². The molecule has 0 unspecified atom stereocenters. The second-order valence-electron chi connectivity index (χ2n) is 2.47. The van der Waals surface area contributed by atoms with Crippen LogP contribution in [0.2, 0.25) is 0 Å². The molecule has 1 aromatic heterocycles. The molecule has 0 saturated heterocycles. The summed E-state index contributed by atoms with van der Waals surface area (Å²) in [6.45, 7) is 0. The van der Waals surface area contributed by atoms with Crippen LogP contribution in [-0.2, 0) is 0 Å². The molecule has 0 radical (unpaired) electrons. The van der Waals surface area contributed by atoms with Crippen molar-refractivity contribution in [2.24, 2.45) is 0 Å². The maximum absolute atomic E-state index is 13.3. The van der Waals surface area contributed by atoms with Crippen molar-refractivity contribution in [2.75, 3.05) is 0 Å². The molecule has 0 aliphatic rings. The molecule has 1 heterocycles. The van der Waals surface area contributed by atoms with E-state index in [4.69, 9.17) is 5.11 Å². The van der Waals surface area contributed by atoms with Crippen molar-refractivity contribution in [3.05, 3.63) is 29.7 Å². The standard InChI is InChI=1S/C8H4FNO3/c9-7-4(8(11)12)1-2-6-5(7)3-10-13-6/h1-3H,(H,11,12). The van der Waals surface area contributed by atoms with E-state index in [0.717, 1.165) is 12.3 Å². The summed E-state index contributed by atoms with van der Waals surface area (Å²) in [7, 11) is 0. The molecule has 66 valence electrons. The Morgan fingerprint density at radius 3 is 3.00 bits per heavy atom. The number of halogens is 1. The second-order valence-corrected chi connectivity index (χ2v) is 2.47. The van der Waals surface area contributed by atoms with Crippen molar-refractivity contribution >= 4 is 16.9 Å². The summed E-state index contributed by atoms with van der Waals surface area (Å²) < 4.78 is 17.9. The summed E-state index contributed by atoms with van der Waals surface area (Å²) in [5.74, 6) is -2.12. The number of benzene rings is 1. The van der Waals surface area contributed by atoms with Gasteiger partial charge in [0.1, 0.15) is 5.82 Å². The van der Waals surface area contributed by atoms with Gasteiger partial charge in [0.25, 0.3) is 0 Å². The van der Waals surface area contributed by atoms with Crippen LogP contribution in [0.25, 0.3) is 11.0 Å². The average molecular weight is 181 g/mol. The van der Waals surface area contributed by atoms with E-state index in [9.17, 15) is 9.18 Å². The van der Waals surface area contributed by atoms with Crippen LogP contribution in [0.4, 0.5) is 4.39 Å². The third-order valence-electron chi connectivity index (χ3n) is 1.70. The predicted molar refractivity (Wildman–Crippen MR) is 40.9 cm³/mol. The molecule has 0 aliphatic heterocycles. The van der Waals surface area contributed by atoms with Crippen molar-refractivity contribution in [2.45, 2.75) is 0 Å². The molecule has 5 heteroatoms.